The van der Waals surface area contributed by atoms with Crippen LogP contribution in [0.3, 0.4) is 0 Å². The quantitative estimate of drug-likeness (QED) is 0.928. The Morgan fingerprint density at radius 2 is 2.19 bits per heavy atom. The lowest BCUT2D eigenvalue weighted by molar-refractivity contribution is 0.199. The van der Waals surface area contributed by atoms with Gasteiger partial charge in [-0.2, -0.15) is 0 Å². The molecule has 2 aromatic rings. The lowest BCUT2D eigenvalue weighted by Crippen LogP contribution is -2.21. The van der Waals surface area contributed by atoms with Gasteiger partial charge in [-0.1, -0.05) is 5.16 Å². The molecule has 0 saturated carbocycles. The summed E-state index contributed by atoms with van der Waals surface area (Å²) in [6.07, 6.45) is 1.19. The minimum absolute atomic E-state index is 0.180. The van der Waals surface area contributed by atoms with Crippen molar-refractivity contribution in [1.82, 2.24) is 10.1 Å². The fourth-order valence-electron chi connectivity index (χ4n) is 2.52. The molecule has 0 bridgehead atoms. The van der Waals surface area contributed by atoms with E-state index in [1.54, 1.807) is 13.2 Å². The second kappa shape index (κ2) is 5.65. The number of likely N-dealkylation sites (N-methyl/N-ethyl adjacent to an activating group) is 1. The molecule has 6 heteroatoms. The van der Waals surface area contributed by atoms with Gasteiger partial charge >= 0.3 is 0 Å². The van der Waals surface area contributed by atoms with Crippen molar-refractivity contribution in [2.75, 3.05) is 33.0 Å². The minimum atomic E-state index is 0.180. The second-order valence-corrected chi connectivity index (χ2v) is 5.27. The van der Waals surface area contributed by atoms with E-state index in [0.29, 0.717) is 23.1 Å². The van der Waals surface area contributed by atoms with Crippen molar-refractivity contribution in [3.05, 3.63) is 24.3 Å². The van der Waals surface area contributed by atoms with E-state index >= 15 is 0 Å². The molecule has 1 aromatic carbocycles. The molecule has 1 unspecified atom stereocenters. The number of methoxy groups -OCH3 is 1. The van der Waals surface area contributed by atoms with Crippen LogP contribution in [-0.4, -0.2) is 43.4 Å². The van der Waals surface area contributed by atoms with E-state index in [9.17, 15) is 0 Å². The van der Waals surface area contributed by atoms with E-state index in [0.717, 1.165) is 25.1 Å². The lowest BCUT2D eigenvalue weighted by Gasteiger charge is -2.16. The van der Waals surface area contributed by atoms with Gasteiger partial charge in [-0.15, -0.1) is 0 Å². The molecule has 0 spiro atoms. The zero-order chi connectivity index (χ0) is 14.8. The highest BCUT2D eigenvalue weighted by molar-refractivity contribution is 5.64. The molecule has 1 aliphatic heterocycles. The van der Waals surface area contributed by atoms with E-state index in [-0.39, 0.29) is 6.10 Å². The van der Waals surface area contributed by atoms with Crippen LogP contribution in [-0.2, 0) is 0 Å². The van der Waals surface area contributed by atoms with E-state index in [2.05, 4.69) is 17.1 Å². The third-order valence-electron chi connectivity index (χ3n) is 3.62. The summed E-state index contributed by atoms with van der Waals surface area (Å²) in [5, 5.41) is 3.70. The maximum absolute atomic E-state index is 6.08. The number of hydrogen-bond acceptors (Lipinski definition) is 6. The van der Waals surface area contributed by atoms with Crippen LogP contribution < -0.4 is 15.2 Å². The monoisotopic (exact) mass is 289 g/mol. The first-order valence-electron chi connectivity index (χ1n) is 6.91. The summed E-state index contributed by atoms with van der Waals surface area (Å²) in [4.78, 5) is 2.25. The second-order valence-electron chi connectivity index (χ2n) is 5.27. The Morgan fingerprint density at radius 1 is 1.33 bits per heavy atom. The number of benzene rings is 1. The summed E-state index contributed by atoms with van der Waals surface area (Å²) in [6, 6.07) is 7.35. The van der Waals surface area contributed by atoms with Crippen LogP contribution in [0.25, 0.3) is 11.3 Å². The third kappa shape index (κ3) is 2.95. The highest BCUT2D eigenvalue weighted by Crippen LogP contribution is 2.34. The number of aromatic nitrogens is 1. The molecule has 1 aromatic heterocycles. The number of anilines is 1. The van der Waals surface area contributed by atoms with E-state index in [1.165, 1.54) is 0 Å². The third-order valence-corrected chi connectivity index (χ3v) is 3.62. The van der Waals surface area contributed by atoms with Gasteiger partial charge in [0.25, 0.3) is 0 Å². The Morgan fingerprint density at radius 3 is 2.81 bits per heavy atom. The summed E-state index contributed by atoms with van der Waals surface area (Å²) in [7, 11) is 3.73. The Kier molecular flexibility index (Phi) is 3.70. The Balaban J connectivity index is 1.86. The molecule has 1 aliphatic rings. The van der Waals surface area contributed by atoms with Crippen LogP contribution in [0.4, 0.5) is 5.82 Å². The van der Waals surface area contributed by atoms with Crippen LogP contribution >= 0.6 is 0 Å². The van der Waals surface area contributed by atoms with Crippen molar-refractivity contribution >= 4 is 5.82 Å². The first-order valence-corrected chi connectivity index (χ1v) is 6.91. The topological polar surface area (TPSA) is 73.8 Å². The first kappa shape index (κ1) is 13.8. The molecule has 1 fully saturated rings. The molecule has 6 nitrogen and oxygen atoms in total. The fraction of sp³-hybridized carbons (Fsp3) is 0.400. The van der Waals surface area contributed by atoms with Gasteiger partial charge in [-0.3, -0.25) is 0 Å². The zero-order valence-electron chi connectivity index (χ0n) is 12.2. The van der Waals surface area contributed by atoms with Gasteiger partial charge in [0.1, 0.15) is 6.10 Å². The predicted molar refractivity (Wildman–Crippen MR) is 79.4 cm³/mol. The van der Waals surface area contributed by atoms with Gasteiger partial charge in [0.15, 0.2) is 23.1 Å². The number of hydrogen-bond donors (Lipinski definition) is 1. The van der Waals surface area contributed by atoms with Gasteiger partial charge < -0.3 is 24.6 Å². The summed E-state index contributed by atoms with van der Waals surface area (Å²) in [6.45, 7) is 1.97. The molecular weight excluding hydrogens is 270 g/mol. The van der Waals surface area contributed by atoms with Gasteiger partial charge in [-0.25, -0.2) is 0 Å². The Bertz CT molecular complexity index is 626. The molecule has 0 aliphatic carbocycles. The van der Waals surface area contributed by atoms with Gasteiger partial charge in [0, 0.05) is 24.7 Å². The van der Waals surface area contributed by atoms with E-state index < -0.39 is 0 Å². The van der Waals surface area contributed by atoms with E-state index in [1.807, 2.05) is 18.2 Å². The van der Waals surface area contributed by atoms with Crippen LogP contribution in [0.1, 0.15) is 6.42 Å². The van der Waals surface area contributed by atoms with Gasteiger partial charge in [0.2, 0.25) is 0 Å². The Hall–Kier alpha value is -2.21. The molecule has 2 heterocycles. The molecule has 1 saturated heterocycles. The van der Waals surface area contributed by atoms with Crippen molar-refractivity contribution in [2.24, 2.45) is 0 Å². The number of nitrogens with zero attached hydrogens (tertiary/aromatic N) is 2. The van der Waals surface area contributed by atoms with Crippen molar-refractivity contribution in [3.63, 3.8) is 0 Å². The van der Waals surface area contributed by atoms with Crippen molar-refractivity contribution in [3.8, 4) is 22.8 Å². The SMILES string of the molecule is COc1ccc(-c2cc(N)no2)cc1OC1CCN(C)C1. The molecular formula is C15H19N3O3. The largest absolute Gasteiger partial charge is 0.493 e. The normalized spacial score (nSPS) is 18.9. The highest BCUT2D eigenvalue weighted by Gasteiger charge is 2.22. The van der Waals surface area contributed by atoms with Gasteiger partial charge in [-0.05, 0) is 31.7 Å². The van der Waals surface area contributed by atoms with E-state index in [4.69, 9.17) is 19.7 Å². The summed E-state index contributed by atoms with van der Waals surface area (Å²) in [5.41, 5.74) is 6.45. The zero-order valence-corrected chi connectivity index (χ0v) is 12.2. The number of rotatable bonds is 4. The molecule has 1 atom stereocenters. The summed E-state index contributed by atoms with van der Waals surface area (Å²) < 4.78 is 16.6. The first-order chi connectivity index (χ1) is 10.2. The number of nitrogen functional groups attached to an aromatic ring is 1. The molecule has 0 radical (unpaired) electrons. The highest BCUT2D eigenvalue weighted by atomic mass is 16.5. The van der Waals surface area contributed by atoms with Crippen molar-refractivity contribution in [1.29, 1.82) is 0 Å². The molecule has 112 valence electrons. The number of ether oxygens (including phenoxy) is 2. The lowest BCUT2D eigenvalue weighted by atomic mass is 10.1. The molecule has 0 amide bonds. The maximum Gasteiger partial charge on any atom is 0.169 e. The number of likely N-dealkylation sites (tertiary alicyclic amines) is 1. The van der Waals surface area contributed by atoms with Crippen molar-refractivity contribution < 1.29 is 14.0 Å². The average molecular weight is 289 g/mol. The standard InChI is InChI=1S/C15H19N3O3/c1-18-6-5-11(9-18)20-14-7-10(3-4-12(14)19-2)13-8-15(16)17-21-13/h3-4,7-8,11H,5-6,9H2,1-2H3,(H2,16,17). The molecule has 3 rings (SSSR count). The smallest absolute Gasteiger partial charge is 0.169 e. The average Bonchev–Trinajstić information content (AvgIpc) is 3.08. The minimum Gasteiger partial charge on any atom is -0.493 e. The van der Waals surface area contributed by atoms with Crippen LogP contribution in [0.5, 0.6) is 11.5 Å². The maximum atomic E-state index is 6.08. The fourth-order valence-corrected chi connectivity index (χ4v) is 2.52. The van der Waals surface area contributed by atoms with Gasteiger partial charge in [0.05, 0.1) is 7.11 Å². The van der Waals surface area contributed by atoms with Crippen LogP contribution in [0, 0.1) is 0 Å². The molecule has 2 N–H and O–H groups in total. The molecule has 21 heavy (non-hydrogen) atoms. The number of nitrogens with two attached hydrogens (primary N) is 1. The van der Waals surface area contributed by atoms with Crippen molar-refractivity contribution in [2.45, 2.75) is 12.5 Å². The summed E-state index contributed by atoms with van der Waals surface area (Å²) in [5.74, 6) is 2.40. The van der Waals surface area contributed by atoms with Crippen LogP contribution in [0.15, 0.2) is 28.8 Å². The predicted octanol–water partition coefficient (Wildman–Crippen LogP) is 2.02. The summed E-state index contributed by atoms with van der Waals surface area (Å²) >= 11 is 0. The Labute approximate surface area is 123 Å². The van der Waals surface area contributed by atoms with Crippen LogP contribution in [0.2, 0.25) is 0 Å².